The van der Waals surface area contributed by atoms with Crippen LogP contribution in [0, 0.1) is 31.1 Å². The molecule has 1 heterocycles. The maximum atomic E-state index is 9.21. The Morgan fingerprint density at radius 2 is 2.06 bits per heavy atom. The molecule has 0 N–H and O–H groups in total. The molecule has 90 valence electrons. The molecule has 1 atom stereocenters. The maximum Gasteiger partial charge on any atom is 0.0706 e. The van der Waals surface area contributed by atoms with Crippen LogP contribution in [-0.2, 0) is 0 Å². The van der Waals surface area contributed by atoms with Crippen molar-refractivity contribution in [3.05, 3.63) is 29.3 Å². The minimum Gasteiger partial charge on any atom is -0.365 e. The van der Waals surface area contributed by atoms with Crippen LogP contribution in [0.1, 0.15) is 31.4 Å². The van der Waals surface area contributed by atoms with Gasteiger partial charge in [-0.05, 0) is 51.3 Å². The molecule has 0 bridgehead atoms. The van der Waals surface area contributed by atoms with Crippen LogP contribution >= 0.6 is 0 Å². The van der Waals surface area contributed by atoms with Crippen LogP contribution in [-0.4, -0.2) is 12.1 Å². The van der Waals surface area contributed by atoms with Gasteiger partial charge in [0.2, 0.25) is 0 Å². The number of hydrogen-bond donors (Lipinski definition) is 0. The first kappa shape index (κ1) is 12.0. The predicted molar refractivity (Wildman–Crippen MR) is 71.1 cm³/mol. The molecule has 2 nitrogen and oxygen atoms in total. The normalized spacial score (nSPS) is 22.5. The summed E-state index contributed by atoms with van der Waals surface area (Å²) in [5, 5.41) is 9.21. The van der Waals surface area contributed by atoms with E-state index in [9.17, 15) is 5.26 Å². The number of nitriles is 1. The van der Waals surface area contributed by atoms with Gasteiger partial charge in [-0.15, -0.1) is 0 Å². The topological polar surface area (TPSA) is 27.0 Å². The van der Waals surface area contributed by atoms with Crippen LogP contribution in [0.4, 0.5) is 5.69 Å². The number of nitrogens with zero attached hydrogens (tertiary/aromatic N) is 2. The van der Waals surface area contributed by atoms with Gasteiger partial charge in [0.25, 0.3) is 0 Å². The Morgan fingerprint density at radius 1 is 1.35 bits per heavy atom. The first-order valence-electron chi connectivity index (χ1n) is 6.22. The molecule has 17 heavy (non-hydrogen) atoms. The summed E-state index contributed by atoms with van der Waals surface area (Å²) >= 11 is 0. The molecule has 1 aliphatic heterocycles. The summed E-state index contributed by atoms with van der Waals surface area (Å²) in [5.41, 5.74) is 3.87. The van der Waals surface area contributed by atoms with Gasteiger partial charge < -0.3 is 4.90 Å². The van der Waals surface area contributed by atoms with Gasteiger partial charge in [0, 0.05) is 12.2 Å². The number of anilines is 1. The standard InChI is InChI=1S/C15H20N2/c1-11-6-5-7-14(12(11)2)17-9-8-13(10-16)15(17,3)4/h5-7,13H,8-9H2,1-4H3. The molecule has 1 aromatic carbocycles. The lowest BCUT2D eigenvalue weighted by Gasteiger charge is -2.36. The summed E-state index contributed by atoms with van der Waals surface area (Å²) in [6.07, 6.45) is 0.969. The molecule has 2 heteroatoms. The summed E-state index contributed by atoms with van der Waals surface area (Å²) in [6.45, 7) is 9.64. The minimum absolute atomic E-state index is 0.0622. The van der Waals surface area contributed by atoms with Gasteiger partial charge in [-0.3, -0.25) is 0 Å². The molecule has 1 aromatic rings. The van der Waals surface area contributed by atoms with Crippen LogP contribution in [0.15, 0.2) is 18.2 Å². The molecule has 1 fully saturated rings. The van der Waals surface area contributed by atoms with E-state index in [1.54, 1.807) is 0 Å². The van der Waals surface area contributed by atoms with Crippen LogP contribution < -0.4 is 4.90 Å². The average molecular weight is 228 g/mol. The number of rotatable bonds is 1. The van der Waals surface area contributed by atoms with E-state index in [1.807, 2.05) is 0 Å². The van der Waals surface area contributed by atoms with Gasteiger partial charge in [-0.1, -0.05) is 12.1 Å². The maximum absolute atomic E-state index is 9.21. The third kappa shape index (κ3) is 1.80. The molecule has 0 amide bonds. The van der Waals surface area contributed by atoms with E-state index in [4.69, 9.17) is 0 Å². The Morgan fingerprint density at radius 3 is 2.65 bits per heavy atom. The third-order valence-corrected chi connectivity index (χ3v) is 4.21. The number of hydrogen-bond acceptors (Lipinski definition) is 2. The second-order valence-electron chi connectivity index (χ2n) is 5.49. The van der Waals surface area contributed by atoms with Gasteiger partial charge in [0.05, 0.1) is 17.5 Å². The van der Waals surface area contributed by atoms with Gasteiger partial charge in [-0.2, -0.15) is 5.26 Å². The van der Waals surface area contributed by atoms with Crippen molar-refractivity contribution in [1.29, 1.82) is 5.26 Å². The van der Waals surface area contributed by atoms with E-state index in [-0.39, 0.29) is 11.5 Å². The lowest BCUT2D eigenvalue weighted by molar-refractivity contribution is 0.438. The van der Waals surface area contributed by atoms with Crippen molar-refractivity contribution in [2.75, 3.05) is 11.4 Å². The molecule has 1 aliphatic rings. The van der Waals surface area contributed by atoms with Crippen LogP contribution in [0.3, 0.4) is 0 Å². The lowest BCUT2D eigenvalue weighted by atomic mass is 9.89. The quantitative estimate of drug-likeness (QED) is 0.736. The lowest BCUT2D eigenvalue weighted by Crippen LogP contribution is -2.42. The Hall–Kier alpha value is -1.49. The van der Waals surface area contributed by atoms with Gasteiger partial charge in [-0.25, -0.2) is 0 Å². The first-order chi connectivity index (χ1) is 7.98. The van der Waals surface area contributed by atoms with Gasteiger partial charge in [0.1, 0.15) is 0 Å². The van der Waals surface area contributed by atoms with Gasteiger partial charge >= 0.3 is 0 Å². The zero-order valence-corrected chi connectivity index (χ0v) is 11.1. The Bertz CT molecular complexity index is 468. The smallest absolute Gasteiger partial charge is 0.0706 e. The fourth-order valence-corrected chi connectivity index (χ4v) is 2.77. The van der Waals surface area contributed by atoms with E-state index >= 15 is 0 Å². The van der Waals surface area contributed by atoms with Crippen molar-refractivity contribution in [2.45, 2.75) is 39.7 Å². The highest BCUT2D eigenvalue weighted by Gasteiger charge is 2.41. The fourth-order valence-electron chi connectivity index (χ4n) is 2.77. The average Bonchev–Trinajstić information content (AvgIpc) is 2.57. The molecule has 2 rings (SSSR count). The molecule has 1 unspecified atom stereocenters. The minimum atomic E-state index is -0.0622. The van der Waals surface area contributed by atoms with Crippen molar-refractivity contribution in [1.82, 2.24) is 0 Å². The molecule has 0 radical (unpaired) electrons. The summed E-state index contributed by atoms with van der Waals surface area (Å²) < 4.78 is 0. The molecule has 0 spiro atoms. The number of benzene rings is 1. The highest BCUT2D eigenvalue weighted by atomic mass is 15.2. The first-order valence-corrected chi connectivity index (χ1v) is 6.22. The second kappa shape index (κ2) is 4.07. The van der Waals surface area contributed by atoms with Crippen LogP contribution in [0.5, 0.6) is 0 Å². The van der Waals surface area contributed by atoms with Crippen molar-refractivity contribution in [3.63, 3.8) is 0 Å². The highest BCUT2D eigenvalue weighted by molar-refractivity contribution is 5.59. The highest BCUT2D eigenvalue weighted by Crippen LogP contribution is 2.39. The Labute approximate surface area is 104 Å². The molecule has 0 aliphatic carbocycles. The Kier molecular flexibility index (Phi) is 2.87. The molecular formula is C15H20N2. The van der Waals surface area contributed by atoms with Crippen molar-refractivity contribution < 1.29 is 0 Å². The number of aryl methyl sites for hydroxylation is 1. The molecule has 0 aromatic heterocycles. The van der Waals surface area contributed by atoms with E-state index < -0.39 is 0 Å². The largest absolute Gasteiger partial charge is 0.365 e. The van der Waals surface area contributed by atoms with E-state index in [0.717, 1.165) is 13.0 Å². The second-order valence-corrected chi connectivity index (χ2v) is 5.49. The molecular weight excluding hydrogens is 208 g/mol. The van der Waals surface area contributed by atoms with Gasteiger partial charge in [0.15, 0.2) is 0 Å². The SMILES string of the molecule is Cc1cccc(N2CCC(C#N)C2(C)C)c1C. The molecule has 0 saturated carbocycles. The molecule has 1 saturated heterocycles. The van der Waals surface area contributed by atoms with E-state index in [1.165, 1.54) is 16.8 Å². The van der Waals surface area contributed by atoms with Crippen LogP contribution in [0.2, 0.25) is 0 Å². The predicted octanol–water partition coefficient (Wildman–Crippen LogP) is 3.43. The zero-order valence-electron chi connectivity index (χ0n) is 11.1. The van der Waals surface area contributed by atoms with Crippen molar-refractivity contribution in [3.8, 4) is 6.07 Å². The fraction of sp³-hybridized carbons (Fsp3) is 0.533. The summed E-state index contributed by atoms with van der Waals surface area (Å²) in [4.78, 5) is 2.39. The van der Waals surface area contributed by atoms with Crippen molar-refractivity contribution >= 4 is 5.69 Å². The van der Waals surface area contributed by atoms with Crippen molar-refractivity contribution in [2.24, 2.45) is 5.92 Å². The van der Waals surface area contributed by atoms with E-state index in [0.29, 0.717) is 0 Å². The monoisotopic (exact) mass is 228 g/mol. The third-order valence-electron chi connectivity index (χ3n) is 4.21. The summed E-state index contributed by atoms with van der Waals surface area (Å²) in [6, 6.07) is 8.86. The zero-order chi connectivity index (χ0) is 12.6. The summed E-state index contributed by atoms with van der Waals surface area (Å²) in [5.74, 6) is 0.127. The summed E-state index contributed by atoms with van der Waals surface area (Å²) in [7, 11) is 0. The Balaban J connectivity index is 2.43. The van der Waals surface area contributed by atoms with E-state index in [2.05, 4.69) is 56.9 Å². The van der Waals surface area contributed by atoms with Crippen LogP contribution in [0.25, 0.3) is 0 Å².